The molecule has 0 amide bonds. The maximum atomic E-state index is 14.5. The zero-order chi connectivity index (χ0) is 19.1. The van der Waals surface area contributed by atoms with E-state index in [1.807, 2.05) is 28.8 Å². The number of aromatic nitrogens is 3. The van der Waals surface area contributed by atoms with Gasteiger partial charge in [0.05, 0.1) is 5.69 Å². The molecule has 140 valence electrons. The van der Waals surface area contributed by atoms with Crippen LogP contribution in [0.1, 0.15) is 5.56 Å². The van der Waals surface area contributed by atoms with Gasteiger partial charge in [0.15, 0.2) is 5.65 Å². The zero-order valence-electron chi connectivity index (χ0n) is 15.6. The molecule has 2 aromatic heterocycles. The summed E-state index contributed by atoms with van der Waals surface area (Å²) in [6.07, 6.45) is 3.74. The summed E-state index contributed by atoms with van der Waals surface area (Å²) in [5, 5.41) is 8.01. The highest BCUT2D eigenvalue weighted by Crippen LogP contribution is 2.35. The van der Waals surface area contributed by atoms with Crippen molar-refractivity contribution in [1.82, 2.24) is 19.5 Å². The average Bonchev–Trinajstić information content (AvgIpc) is 3.11. The van der Waals surface area contributed by atoms with Crippen LogP contribution in [-0.2, 0) is 6.54 Å². The van der Waals surface area contributed by atoms with Crippen LogP contribution in [0.25, 0.3) is 16.8 Å². The third-order valence-electron chi connectivity index (χ3n) is 5.28. The van der Waals surface area contributed by atoms with Gasteiger partial charge in [-0.25, -0.2) is 4.39 Å². The fourth-order valence-electron chi connectivity index (χ4n) is 3.84. The van der Waals surface area contributed by atoms with E-state index in [9.17, 15) is 4.39 Å². The van der Waals surface area contributed by atoms with Crippen LogP contribution in [0.5, 0.6) is 0 Å². The molecule has 0 N–H and O–H groups in total. The van der Waals surface area contributed by atoms with E-state index in [0.717, 1.165) is 42.1 Å². The molecule has 0 bridgehead atoms. The van der Waals surface area contributed by atoms with E-state index in [1.165, 1.54) is 11.6 Å². The lowest BCUT2D eigenvalue weighted by Gasteiger charge is -2.25. The van der Waals surface area contributed by atoms with Crippen LogP contribution in [0.3, 0.4) is 0 Å². The van der Waals surface area contributed by atoms with Crippen LogP contribution in [0.2, 0.25) is 0 Å². The van der Waals surface area contributed by atoms with Crippen molar-refractivity contribution >= 4 is 17.0 Å². The van der Waals surface area contributed by atoms with E-state index in [1.54, 1.807) is 12.4 Å². The molecule has 0 aliphatic carbocycles. The fraction of sp³-hybridized carbons (Fsp3) is 0.182. The molecule has 1 aliphatic rings. The highest BCUT2D eigenvalue weighted by atomic mass is 19.1. The number of halogens is 1. The normalized spacial score (nSPS) is 14.9. The van der Waals surface area contributed by atoms with Crippen molar-refractivity contribution in [1.29, 1.82) is 0 Å². The van der Waals surface area contributed by atoms with Crippen LogP contribution in [0.4, 0.5) is 15.8 Å². The van der Waals surface area contributed by atoms with Gasteiger partial charge in [-0.15, -0.1) is 10.2 Å². The number of hydrogen-bond donors (Lipinski definition) is 0. The summed E-state index contributed by atoms with van der Waals surface area (Å²) < 4.78 is 16.4. The van der Waals surface area contributed by atoms with Crippen molar-refractivity contribution in [2.75, 3.05) is 25.0 Å². The van der Waals surface area contributed by atoms with Crippen LogP contribution in [-0.4, -0.2) is 39.6 Å². The van der Waals surface area contributed by atoms with Gasteiger partial charge >= 0.3 is 0 Å². The van der Waals surface area contributed by atoms with Gasteiger partial charge < -0.3 is 9.80 Å². The van der Waals surface area contributed by atoms with Crippen molar-refractivity contribution in [3.8, 4) is 11.1 Å². The van der Waals surface area contributed by atoms with Crippen LogP contribution in [0, 0.1) is 5.82 Å². The van der Waals surface area contributed by atoms with Gasteiger partial charge in [-0.2, -0.15) is 0 Å². The van der Waals surface area contributed by atoms with Gasteiger partial charge in [-0.05, 0) is 60.1 Å². The van der Waals surface area contributed by atoms with Crippen molar-refractivity contribution < 1.29 is 4.39 Å². The molecule has 5 rings (SSSR count). The summed E-state index contributed by atoms with van der Waals surface area (Å²) in [5.41, 5.74) is 5.91. The minimum atomic E-state index is -0.194. The lowest BCUT2D eigenvalue weighted by Crippen LogP contribution is -2.26. The minimum Gasteiger partial charge on any atom is -0.338 e. The van der Waals surface area contributed by atoms with Gasteiger partial charge in [0.1, 0.15) is 12.1 Å². The Morgan fingerprint density at radius 3 is 2.68 bits per heavy atom. The van der Waals surface area contributed by atoms with Crippen molar-refractivity contribution in [3.05, 3.63) is 78.5 Å². The zero-order valence-corrected chi connectivity index (χ0v) is 15.6. The Morgan fingerprint density at radius 2 is 1.79 bits per heavy atom. The molecule has 0 radical (unpaired) electrons. The van der Waals surface area contributed by atoms with Crippen LogP contribution in [0.15, 0.2) is 67.1 Å². The molecule has 0 atom stereocenters. The standard InChI is InChI=1S/C22H20FN5/c1-26-10-11-28(21-5-3-2-4-19(21)23)20-8-6-16(12-18(20)13-26)17-7-9-22-25-24-15-27(22)14-17/h2-9,12,14-15H,10-11,13H2,1H3. The largest absolute Gasteiger partial charge is 0.338 e. The molecule has 5 nitrogen and oxygen atoms in total. The number of hydrogen-bond acceptors (Lipinski definition) is 4. The number of fused-ring (bicyclic) bond motifs is 2. The van der Waals surface area contributed by atoms with E-state index >= 15 is 0 Å². The maximum absolute atomic E-state index is 14.5. The second-order valence-corrected chi connectivity index (χ2v) is 7.20. The molecule has 0 spiro atoms. The third kappa shape index (κ3) is 2.92. The number of nitrogens with zero attached hydrogens (tertiary/aromatic N) is 5. The average molecular weight is 373 g/mol. The molecular weight excluding hydrogens is 353 g/mol. The van der Waals surface area contributed by atoms with Crippen molar-refractivity contribution in [3.63, 3.8) is 0 Å². The van der Waals surface area contributed by atoms with Crippen LogP contribution >= 0.6 is 0 Å². The second-order valence-electron chi connectivity index (χ2n) is 7.20. The molecule has 28 heavy (non-hydrogen) atoms. The lowest BCUT2D eigenvalue weighted by atomic mass is 10.0. The summed E-state index contributed by atoms with van der Waals surface area (Å²) in [7, 11) is 2.10. The van der Waals surface area contributed by atoms with E-state index in [0.29, 0.717) is 5.69 Å². The number of pyridine rings is 1. The van der Waals surface area contributed by atoms with Gasteiger partial charge in [0, 0.05) is 31.5 Å². The fourth-order valence-corrected chi connectivity index (χ4v) is 3.84. The molecule has 3 heterocycles. The van der Waals surface area contributed by atoms with E-state index in [4.69, 9.17) is 0 Å². The number of anilines is 2. The Balaban J connectivity index is 1.61. The predicted octanol–water partition coefficient (Wildman–Crippen LogP) is 4.12. The molecule has 4 aromatic rings. The number of para-hydroxylation sites is 1. The van der Waals surface area contributed by atoms with Gasteiger partial charge in [0.2, 0.25) is 0 Å². The Labute approximate surface area is 162 Å². The topological polar surface area (TPSA) is 36.7 Å². The van der Waals surface area contributed by atoms with Gasteiger partial charge in [0.25, 0.3) is 0 Å². The summed E-state index contributed by atoms with van der Waals surface area (Å²) in [5.74, 6) is -0.194. The summed E-state index contributed by atoms with van der Waals surface area (Å²) in [4.78, 5) is 4.35. The monoisotopic (exact) mass is 373 g/mol. The Hall–Kier alpha value is -3.25. The Kier molecular flexibility index (Phi) is 4.06. The smallest absolute Gasteiger partial charge is 0.160 e. The predicted molar refractivity (Wildman–Crippen MR) is 108 cm³/mol. The van der Waals surface area contributed by atoms with E-state index in [2.05, 4.69) is 51.3 Å². The summed E-state index contributed by atoms with van der Waals surface area (Å²) in [6, 6.07) is 17.4. The third-order valence-corrected chi connectivity index (χ3v) is 5.28. The lowest BCUT2D eigenvalue weighted by molar-refractivity contribution is 0.343. The summed E-state index contributed by atoms with van der Waals surface area (Å²) >= 11 is 0. The first-order valence-electron chi connectivity index (χ1n) is 9.32. The van der Waals surface area contributed by atoms with Gasteiger partial charge in [-0.3, -0.25) is 4.40 Å². The molecule has 1 aliphatic heterocycles. The first-order chi connectivity index (χ1) is 13.7. The van der Waals surface area contributed by atoms with E-state index in [-0.39, 0.29) is 5.82 Å². The Morgan fingerprint density at radius 1 is 0.929 bits per heavy atom. The molecular formula is C22H20FN5. The molecule has 6 heteroatoms. The van der Waals surface area contributed by atoms with Crippen LogP contribution < -0.4 is 4.90 Å². The maximum Gasteiger partial charge on any atom is 0.160 e. The first kappa shape index (κ1) is 16.9. The van der Waals surface area contributed by atoms with E-state index < -0.39 is 0 Å². The first-order valence-corrected chi connectivity index (χ1v) is 9.32. The minimum absolute atomic E-state index is 0.194. The number of likely N-dealkylation sites (N-methyl/N-ethyl adjacent to an activating group) is 1. The van der Waals surface area contributed by atoms with Gasteiger partial charge in [-0.1, -0.05) is 18.2 Å². The Bertz CT molecular complexity index is 1150. The molecule has 0 unspecified atom stereocenters. The van der Waals surface area contributed by atoms with Crippen molar-refractivity contribution in [2.45, 2.75) is 6.54 Å². The highest BCUT2D eigenvalue weighted by molar-refractivity contribution is 5.73. The number of benzene rings is 2. The SMILES string of the molecule is CN1CCN(c2ccccc2F)c2ccc(-c3ccc4nncn4c3)cc2C1. The molecule has 0 saturated heterocycles. The highest BCUT2D eigenvalue weighted by Gasteiger charge is 2.21. The quantitative estimate of drug-likeness (QED) is 0.530. The van der Waals surface area contributed by atoms with Crippen molar-refractivity contribution in [2.24, 2.45) is 0 Å². The molecule has 2 aromatic carbocycles. The molecule has 0 fully saturated rings. The number of rotatable bonds is 2. The molecule has 0 saturated carbocycles. The second kappa shape index (κ2) is 6.73. The summed E-state index contributed by atoms with van der Waals surface area (Å²) in [6.45, 7) is 2.43.